The van der Waals surface area contributed by atoms with Crippen LogP contribution in [-0.2, 0) is 6.54 Å². The quantitative estimate of drug-likeness (QED) is 0.482. The van der Waals surface area contributed by atoms with Gasteiger partial charge >= 0.3 is 0 Å². The van der Waals surface area contributed by atoms with Crippen molar-refractivity contribution >= 4 is 28.0 Å². The summed E-state index contributed by atoms with van der Waals surface area (Å²) in [5, 5.41) is 4.48. The summed E-state index contributed by atoms with van der Waals surface area (Å²) in [6.07, 6.45) is 2.96. The highest BCUT2D eigenvalue weighted by molar-refractivity contribution is 6.04. The second-order valence-electron chi connectivity index (χ2n) is 10.2. The minimum atomic E-state index is -0.0456. The van der Waals surface area contributed by atoms with E-state index in [-0.39, 0.29) is 17.6 Å². The molecule has 2 atom stereocenters. The largest absolute Gasteiger partial charge is 0.422 e. The summed E-state index contributed by atoms with van der Waals surface area (Å²) in [5.74, 6) is 0. The Morgan fingerprint density at radius 3 is 2.79 bits per heavy atom. The highest BCUT2D eigenvalue weighted by Gasteiger charge is 2.31. The van der Waals surface area contributed by atoms with Crippen LogP contribution in [0, 0.1) is 6.92 Å². The van der Waals surface area contributed by atoms with Crippen molar-refractivity contribution in [1.29, 1.82) is 0 Å². The number of hydrogen-bond acceptors (Lipinski definition) is 6. The van der Waals surface area contributed by atoms with E-state index in [1.54, 1.807) is 0 Å². The summed E-state index contributed by atoms with van der Waals surface area (Å²) >= 11 is 0. The first-order valence-electron chi connectivity index (χ1n) is 12.3. The van der Waals surface area contributed by atoms with Gasteiger partial charge in [-0.3, -0.25) is 4.79 Å². The zero-order valence-electron chi connectivity index (χ0n) is 19.6. The van der Waals surface area contributed by atoms with Crippen molar-refractivity contribution in [3.05, 3.63) is 57.4 Å². The molecule has 1 aliphatic carbocycles. The number of anilines is 1. The molecule has 1 saturated heterocycles. The maximum atomic E-state index is 13.7. The maximum absolute atomic E-state index is 13.7. The number of pyridine rings is 1. The van der Waals surface area contributed by atoms with Crippen molar-refractivity contribution in [2.24, 2.45) is 5.73 Å². The lowest BCUT2D eigenvalue weighted by Crippen LogP contribution is -2.26. The monoisotopic (exact) mass is 455 g/mol. The summed E-state index contributed by atoms with van der Waals surface area (Å²) in [6, 6.07) is 12.3. The number of nitrogens with zero attached hydrogens (tertiary/aromatic N) is 3. The molecule has 4 aromatic rings. The van der Waals surface area contributed by atoms with E-state index in [4.69, 9.17) is 10.2 Å². The number of aromatic nitrogens is 2. The van der Waals surface area contributed by atoms with Crippen molar-refractivity contribution in [2.75, 3.05) is 18.0 Å². The molecule has 0 spiro atoms. The average molecular weight is 456 g/mol. The van der Waals surface area contributed by atoms with Crippen LogP contribution in [0.3, 0.4) is 0 Å². The molecule has 2 fully saturated rings. The number of benzene rings is 2. The molecule has 2 aromatic heterocycles. The average Bonchev–Trinajstić information content (AvgIpc) is 3.23. The summed E-state index contributed by atoms with van der Waals surface area (Å²) in [4.78, 5) is 20.4. The molecular formula is C27H29N5O2. The molecule has 0 amide bonds. The molecule has 34 heavy (non-hydrogen) atoms. The van der Waals surface area contributed by atoms with Crippen molar-refractivity contribution in [2.45, 2.75) is 57.8 Å². The predicted molar refractivity (Wildman–Crippen MR) is 134 cm³/mol. The third kappa shape index (κ3) is 2.90. The lowest BCUT2D eigenvalue weighted by atomic mass is 9.94. The van der Waals surface area contributed by atoms with Gasteiger partial charge in [-0.15, -0.1) is 0 Å². The van der Waals surface area contributed by atoms with E-state index in [2.05, 4.69) is 59.4 Å². The van der Waals surface area contributed by atoms with Gasteiger partial charge in [0.15, 0.2) is 11.1 Å². The number of aryl methyl sites for hydroxylation is 1. The van der Waals surface area contributed by atoms with Crippen molar-refractivity contribution in [1.82, 2.24) is 14.9 Å². The van der Waals surface area contributed by atoms with Gasteiger partial charge in [-0.05, 0) is 73.1 Å². The summed E-state index contributed by atoms with van der Waals surface area (Å²) in [7, 11) is 0. The fourth-order valence-corrected chi connectivity index (χ4v) is 5.86. The van der Waals surface area contributed by atoms with E-state index in [1.165, 1.54) is 16.7 Å². The predicted octanol–water partition coefficient (Wildman–Crippen LogP) is 4.15. The van der Waals surface area contributed by atoms with E-state index in [0.29, 0.717) is 29.7 Å². The zero-order valence-corrected chi connectivity index (χ0v) is 19.6. The Labute approximate surface area is 197 Å². The van der Waals surface area contributed by atoms with Crippen molar-refractivity contribution in [3.8, 4) is 11.1 Å². The van der Waals surface area contributed by atoms with Crippen LogP contribution in [0.2, 0.25) is 0 Å². The Bertz CT molecular complexity index is 1530. The van der Waals surface area contributed by atoms with Crippen LogP contribution in [0.5, 0.6) is 0 Å². The molecule has 2 aromatic carbocycles. The molecule has 7 rings (SSSR count). The number of nitrogens with one attached hydrogen (secondary N) is 1. The minimum Gasteiger partial charge on any atom is -0.422 e. The van der Waals surface area contributed by atoms with Gasteiger partial charge in [0.2, 0.25) is 0 Å². The van der Waals surface area contributed by atoms with E-state index < -0.39 is 0 Å². The van der Waals surface area contributed by atoms with Crippen LogP contribution in [-0.4, -0.2) is 28.7 Å². The molecule has 7 heteroatoms. The Hall–Kier alpha value is -3.16. The van der Waals surface area contributed by atoms with Gasteiger partial charge in [0, 0.05) is 43.1 Å². The van der Waals surface area contributed by atoms with Gasteiger partial charge in [-0.25, -0.2) is 0 Å². The molecule has 1 unspecified atom stereocenters. The molecule has 2 aliphatic heterocycles. The fourth-order valence-electron chi connectivity index (χ4n) is 5.86. The number of rotatable bonds is 3. The third-order valence-electron chi connectivity index (χ3n) is 7.88. The molecule has 0 bridgehead atoms. The Morgan fingerprint density at radius 1 is 1.18 bits per heavy atom. The topological polar surface area (TPSA) is 89.3 Å². The number of hydrogen-bond donors (Lipinski definition) is 2. The second-order valence-corrected chi connectivity index (χ2v) is 10.2. The lowest BCUT2D eigenvalue weighted by molar-refractivity contribution is 0.585. The number of nitrogens with two attached hydrogens (primary N) is 1. The first-order valence-corrected chi connectivity index (χ1v) is 12.3. The van der Waals surface area contributed by atoms with Crippen LogP contribution in [0.25, 0.3) is 33.1 Å². The first kappa shape index (κ1) is 20.2. The minimum absolute atomic E-state index is 0.0456. The van der Waals surface area contributed by atoms with E-state index in [1.807, 2.05) is 4.57 Å². The molecule has 1 saturated carbocycles. The highest BCUT2D eigenvalue weighted by atomic mass is 16.4. The van der Waals surface area contributed by atoms with Gasteiger partial charge in [0.05, 0.1) is 5.52 Å². The maximum Gasteiger partial charge on any atom is 0.298 e. The van der Waals surface area contributed by atoms with E-state index >= 15 is 0 Å². The summed E-state index contributed by atoms with van der Waals surface area (Å²) in [6.45, 7) is 6.74. The lowest BCUT2D eigenvalue weighted by Gasteiger charge is -2.16. The van der Waals surface area contributed by atoms with Crippen LogP contribution >= 0.6 is 0 Å². The zero-order chi connectivity index (χ0) is 23.1. The molecule has 4 heterocycles. The second kappa shape index (κ2) is 7.17. The molecule has 3 N–H and O–H groups in total. The highest BCUT2D eigenvalue weighted by Crippen LogP contribution is 2.41. The molecule has 3 aliphatic rings. The van der Waals surface area contributed by atoms with Crippen LogP contribution in [0.4, 0.5) is 6.01 Å². The smallest absolute Gasteiger partial charge is 0.298 e. The van der Waals surface area contributed by atoms with Gasteiger partial charge in [0.1, 0.15) is 0 Å². The Kier molecular flexibility index (Phi) is 4.27. The first-order chi connectivity index (χ1) is 16.5. The number of oxazole rings is 1. The molecule has 0 radical (unpaired) electrons. The SMILES string of the molecule is Cc1c(-c2ccc3c(c2)CN[C@@H]3C)ccc2c3oc(N4CCC(N)C4)nc3c(=O)n(C3CC3)c12. The summed E-state index contributed by atoms with van der Waals surface area (Å²) < 4.78 is 8.24. The van der Waals surface area contributed by atoms with E-state index in [9.17, 15) is 4.79 Å². The van der Waals surface area contributed by atoms with Gasteiger partial charge in [-0.2, -0.15) is 4.98 Å². The van der Waals surface area contributed by atoms with Crippen LogP contribution in [0.15, 0.2) is 39.5 Å². The molecule has 7 nitrogen and oxygen atoms in total. The normalized spacial score (nSPS) is 22.3. The number of fused-ring (bicyclic) bond motifs is 4. The van der Waals surface area contributed by atoms with Gasteiger partial charge in [-0.1, -0.05) is 18.2 Å². The molecule has 174 valence electrons. The molecular weight excluding hydrogens is 426 g/mol. The van der Waals surface area contributed by atoms with Gasteiger partial charge in [0.25, 0.3) is 11.6 Å². The standard InChI is InChI=1S/C27H29N5O2/c1-14-20(16-3-6-21-15(2)29-12-17(21)11-16)7-8-22-24(14)32(19-4-5-19)26(33)23-25(22)34-27(30-23)31-10-9-18(28)13-31/h3,6-8,11,15,18-19,29H,4-5,9-10,12-13,28H2,1-2H3/t15-,18?/m1/s1. The van der Waals surface area contributed by atoms with E-state index in [0.717, 1.165) is 54.4 Å². The van der Waals surface area contributed by atoms with Crippen LogP contribution < -0.4 is 21.5 Å². The van der Waals surface area contributed by atoms with Crippen molar-refractivity contribution < 1.29 is 4.42 Å². The van der Waals surface area contributed by atoms with Gasteiger partial charge < -0.3 is 24.9 Å². The Balaban J connectivity index is 1.45. The van der Waals surface area contributed by atoms with Crippen LogP contribution in [0.1, 0.15) is 55.0 Å². The summed E-state index contributed by atoms with van der Waals surface area (Å²) in [5.41, 5.74) is 14.2. The fraction of sp³-hybridized carbons (Fsp3) is 0.407. The third-order valence-corrected chi connectivity index (χ3v) is 7.88. The Morgan fingerprint density at radius 2 is 2.03 bits per heavy atom. The van der Waals surface area contributed by atoms with Crippen molar-refractivity contribution in [3.63, 3.8) is 0 Å².